The molecule has 0 aromatic heterocycles. The summed E-state index contributed by atoms with van der Waals surface area (Å²) >= 11 is 1.70. The summed E-state index contributed by atoms with van der Waals surface area (Å²) in [6.07, 6.45) is 4.94. The van der Waals surface area contributed by atoms with Gasteiger partial charge in [-0.15, -0.1) is 11.8 Å². The van der Waals surface area contributed by atoms with E-state index in [4.69, 9.17) is 0 Å². The lowest BCUT2D eigenvalue weighted by molar-refractivity contribution is -0.156. The summed E-state index contributed by atoms with van der Waals surface area (Å²) in [6, 6.07) is 0. The van der Waals surface area contributed by atoms with Gasteiger partial charge in [0, 0.05) is 11.8 Å². The highest BCUT2D eigenvalue weighted by atomic mass is 32.2. The van der Waals surface area contributed by atoms with Gasteiger partial charge in [0.2, 0.25) is 5.91 Å². The van der Waals surface area contributed by atoms with Gasteiger partial charge in [0.25, 0.3) is 0 Å². The highest BCUT2D eigenvalue weighted by Gasteiger charge is 2.48. The fourth-order valence-corrected chi connectivity index (χ4v) is 4.58. The molecule has 2 aliphatic heterocycles. The lowest BCUT2D eigenvalue weighted by Crippen LogP contribution is -2.53. The van der Waals surface area contributed by atoms with Crippen LogP contribution in [0.5, 0.6) is 0 Å². The average Bonchev–Trinajstić information content (AvgIpc) is 2.91. The van der Waals surface area contributed by atoms with E-state index in [2.05, 4.69) is 5.32 Å². The standard InChI is InChI=1S/C15H26N2O3S/c1-2-6-15(14(19)20)7-3-10-17(15)13(18)11-21-12-4-8-16-9-5-12/h12,16H,2-11H2,1H3,(H,19,20). The molecule has 6 heteroatoms. The van der Waals surface area contributed by atoms with Crippen LogP contribution in [0.2, 0.25) is 0 Å². The zero-order valence-corrected chi connectivity index (χ0v) is 13.6. The van der Waals surface area contributed by atoms with Gasteiger partial charge >= 0.3 is 5.97 Å². The Morgan fingerprint density at radius 3 is 2.71 bits per heavy atom. The van der Waals surface area contributed by atoms with Crippen molar-refractivity contribution in [2.75, 3.05) is 25.4 Å². The van der Waals surface area contributed by atoms with Crippen LogP contribution in [0.1, 0.15) is 45.4 Å². The monoisotopic (exact) mass is 314 g/mol. The van der Waals surface area contributed by atoms with Crippen molar-refractivity contribution >= 4 is 23.6 Å². The Labute approximate surface area is 130 Å². The van der Waals surface area contributed by atoms with Crippen LogP contribution in [0.4, 0.5) is 0 Å². The number of hydrogen-bond acceptors (Lipinski definition) is 4. The van der Waals surface area contributed by atoms with Gasteiger partial charge in [0.05, 0.1) is 5.75 Å². The second-order valence-corrected chi connectivity index (χ2v) is 7.28. The Hall–Kier alpha value is -0.750. The minimum Gasteiger partial charge on any atom is -0.479 e. The van der Waals surface area contributed by atoms with E-state index in [1.807, 2.05) is 6.92 Å². The number of rotatable bonds is 6. The molecular weight excluding hydrogens is 288 g/mol. The Bertz CT molecular complexity index is 385. The van der Waals surface area contributed by atoms with Crippen molar-refractivity contribution in [3.8, 4) is 0 Å². The molecular formula is C15H26N2O3S. The SMILES string of the molecule is CCCC1(C(=O)O)CCCN1C(=O)CSC1CCNCC1. The zero-order chi connectivity index (χ0) is 15.3. The van der Waals surface area contributed by atoms with Gasteiger partial charge in [-0.05, 0) is 45.2 Å². The van der Waals surface area contributed by atoms with Crippen LogP contribution in [0.25, 0.3) is 0 Å². The first-order valence-electron chi connectivity index (χ1n) is 7.96. The summed E-state index contributed by atoms with van der Waals surface area (Å²) in [5.74, 6) is -0.405. The quantitative estimate of drug-likeness (QED) is 0.781. The number of carboxylic acids is 1. The van der Waals surface area contributed by atoms with E-state index in [1.165, 1.54) is 0 Å². The normalized spacial score (nSPS) is 27.0. The van der Waals surface area contributed by atoms with Crippen LogP contribution in [0.3, 0.4) is 0 Å². The molecule has 0 aromatic carbocycles. The van der Waals surface area contributed by atoms with Crippen LogP contribution in [0, 0.1) is 0 Å². The molecule has 1 amide bonds. The zero-order valence-electron chi connectivity index (χ0n) is 12.8. The van der Waals surface area contributed by atoms with Gasteiger partial charge in [-0.1, -0.05) is 13.3 Å². The molecule has 0 saturated carbocycles. The van der Waals surface area contributed by atoms with Crippen molar-refractivity contribution in [3.05, 3.63) is 0 Å². The minimum atomic E-state index is -0.944. The van der Waals surface area contributed by atoms with Crippen LogP contribution in [0.15, 0.2) is 0 Å². The molecule has 5 nitrogen and oxygen atoms in total. The molecule has 0 spiro atoms. The van der Waals surface area contributed by atoms with E-state index in [0.29, 0.717) is 30.4 Å². The van der Waals surface area contributed by atoms with Crippen LogP contribution >= 0.6 is 11.8 Å². The number of aliphatic carboxylic acids is 1. The number of carbonyl (C=O) groups is 2. The third kappa shape index (κ3) is 3.72. The van der Waals surface area contributed by atoms with Crippen molar-refractivity contribution in [1.29, 1.82) is 0 Å². The smallest absolute Gasteiger partial charge is 0.329 e. The third-order valence-electron chi connectivity index (χ3n) is 4.58. The van der Waals surface area contributed by atoms with Crippen molar-refractivity contribution in [3.63, 3.8) is 0 Å². The lowest BCUT2D eigenvalue weighted by atomic mass is 9.90. The van der Waals surface area contributed by atoms with Gasteiger partial charge in [0.1, 0.15) is 5.54 Å². The summed E-state index contributed by atoms with van der Waals surface area (Å²) in [7, 11) is 0. The first-order chi connectivity index (χ1) is 10.1. The van der Waals surface area contributed by atoms with Crippen molar-refractivity contribution < 1.29 is 14.7 Å². The van der Waals surface area contributed by atoms with Crippen LogP contribution in [-0.4, -0.2) is 58.1 Å². The number of hydrogen-bond donors (Lipinski definition) is 2. The van der Waals surface area contributed by atoms with Gasteiger partial charge in [-0.2, -0.15) is 0 Å². The fraction of sp³-hybridized carbons (Fsp3) is 0.867. The van der Waals surface area contributed by atoms with Gasteiger partial charge in [-0.25, -0.2) is 4.79 Å². The predicted molar refractivity (Wildman–Crippen MR) is 84.6 cm³/mol. The van der Waals surface area contributed by atoms with E-state index < -0.39 is 11.5 Å². The Kier molecular flexibility index (Phi) is 5.93. The third-order valence-corrected chi connectivity index (χ3v) is 5.94. The summed E-state index contributed by atoms with van der Waals surface area (Å²) in [5, 5.41) is 13.5. The molecule has 120 valence electrons. The number of likely N-dealkylation sites (tertiary alicyclic amines) is 1. The van der Waals surface area contributed by atoms with Crippen molar-refractivity contribution in [1.82, 2.24) is 10.2 Å². The summed E-state index contributed by atoms with van der Waals surface area (Å²) in [6.45, 7) is 4.61. The van der Waals surface area contributed by atoms with E-state index >= 15 is 0 Å². The maximum Gasteiger partial charge on any atom is 0.329 e. The molecule has 2 rings (SSSR count). The molecule has 21 heavy (non-hydrogen) atoms. The molecule has 2 fully saturated rings. The van der Waals surface area contributed by atoms with Gasteiger partial charge in [-0.3, -0.25) is 4.79 Å². The first kappa shape index (κ1) is 16.6. The molecule has 2 saturated heterocycles. The van der Waals surface area contributed by atoms with E-state index in [0.717, 1.165) is 38.8 Å². The highest BCUT2D eigenvalue weighted by molar-refractivity contribution is 8.00. The number of nitrogens with zero attached hydrogens (tertiary/aromatic N) is 1. The second-order valence-electron chi connectivity index (χ2n) is 6.00. The molecule has 2 aliphatic rings. The largest absolute Gasteiger partial charge is 0.479 e. The number of carboxylic acid groups (broad SMARTS) is 1. The molecule has 1 unspecified atom stereocenters. The Balaban J connectivity index is 1.94. The average molecular weight is 314 g/mol. The summed E-state index contributed by atoms with van der Waals surface area (Å²) in [4.78, 5) is 25.9. The summed E-state index contributed by atoms with van der Waals surface area (Å²) in [5.41, 5.74) is -0.944. The lowest BCUT2D eigenvalue weighted by Gasteiger charge is -2.35. The molecule has 2 heterocycles. The van der Waals surface area contributed by atoms with Gasteiger partial charge in [0.15, 0.2) is 0 Å². The van der Waals surface area contributed by atoms with E-state index in [9.17, 15) is 14.7 Å². The molecule has 0 radical (unpaired) electrons. The molecule has 2 N–H and O–H groups in total. The van der Waals surface area contributed by atoms with Crippen LogP contribution in [-0.2, 0) is 9.59 Å². The molecule has 0 bridgehead atoms. The molecule has 0 aromatic rings. The Morgan fingerprint density at radius 2 is 2.10 bits per heavy atom. The van der Waals surface area contributed by atoms with E-state index in [1.54, 1.807) is 16.7 Å². The first-order valence-corrected chi connectivity index (χ1v) is 9.01. The predicted octanol–water partition coefficient (Wildman–Crippen LogP) is 1.72. The van der Waals surface area contributed by atoms with Crippen molar-refractivity contribution in [2.45, 2.75) is 56.2 Å². The number of carbonyl (C=O) groups excluding carboxylic acids is 1. The number of amides is 1. The maximum absolute atomic E-state index is 12.5. The maximum atomic E-state index is 12.5. The van der Waals surface area contributed by atoms with Gasteiger partial charge < -0.3 is 15.3 Å². The number of nitrogens with one attached hydrogen (secondary N) is 1. The topological polar surface area (TPSA) is 69.6 Å². The summed E-state index contributed by atoms with van der Waals surface area (Å²) < 4.78 is 0. The number of thioether (sulfide) groups is 1. The molecule has 1 atom stereocenters. The van der Waals surface area contributed by atoms with E-state index in [-0.39, 0.29) is 5.91 Å². The van der Waals surface area contributed by atoms with Crippen molar-refractivity contribution in [2.24, 2.45) is 0 Å². The highest BCUT2D eigenvalue weighted by Crippen LogP contribution is 2.35. The van der Waals surface area contributed by atoms with Crippen LogP contribution < -0.4 is 5.32 Å². The second kappa shape index (κ2) is 7.49. The Morgan fingerprint density at radius 1 is 1.38 bits per heavy atom. The number of piperidine rings is 1. The molecule has 0 aliphatic carbocycles. The minimum absolute atomic E-state index is 0.00637. The fourth-order valence-electron chi connectivity index (χ4n) is 3.47.